The van der Waals surface area contributed by atoms with E-state index in [0.717, 1.165) is 13.7 Å². The smallest absolute Gasteiger partial charge is 0.247 e. The minimum atomic E-state index is -0.574. The van der Waals surface area contributed by atoms with Gasteiger partial charge in [-0.2, -0.15) is 0 Å². The molecule has 0 spiro atoms. The quantitative estimate of drug-likeness (QED) is 0.683. The third kappa shape index (κ3) is 2.30. The first kappa shape index (κ1) is 13.2. The Morgan fingerprint density at radius 2 is 1.29 bits per heavy atom. The van der Waals surface area contributed by atoms with Gasteiger partial charge in [0.05, 0.1) is 6.54 Å². The van der Waals surface area contributed by atoms with Crippen molar-refractivity contribution in [1.29, 1.82) is 0 Å². The molecular formula is C11H17N3O3. The molecule has 1 aromatic rings. The lowest BCUT2D eigenvalue weighted by atomic mass is 10.3. The lowest BCUT2D eigenvalue weighted by Crippen LogP contribution is -2.54. The molecule has 0 N–H and O–H groups in total. The summed E-state index contributed by atoms with van der Waals surface area (Å²) in [6, 6.07) is 0. The van der Waals surface area contributed by atoms with Crippen molar-refractivity contribution in [2.75, 3.05) is 0 Å². The number of hydrogen-bond acceptors (Lipinski definition) is 3. The molecule has 0 aromatic carbocycles. The van der Waals surface area contributed by atoms with Gasteiger partial charge in [0, 0.05) is 13.1 Å². The maximum atomic E-state index is 11.9. The fourth-order valence-electron chi connectivity index (χ4n) is 1.63. The van der Waals surface area contributed by atoms with E-state index in [9.17, 15) is 14.4 Å². The molecule has 0 bridgehead atoms. The molecule has 1 aromatic heterocycles. The van der Waals surface area contributed by atoms with Crippen molar-refractivity contribution in [1.82, 2.24) is 13.7 Å². The molecule has 94 valence electrons. The Labute approximate surface area is 98.4 Å². The summed E-state index contributed by atoms with van der Waals surface area (Å²) in [7, 11) is 0. The van der Waals surface area contributed by atoms with Crippen molar-refractivity contribution < 1.29 is 0 Å². The van der Waals surface area contributed by atoms with E-state index < -0.39 is 17.1 Å². The maximum absolute atomic E-state index is 11.9. The zero-order valence-electron chi connectivity index (χ0n) is 10.4. The maximum Gasteiger partial charge on any atom is 0.336 e. The molecule has 0 aliphatic heterocycles. The van der Waals surface area contributed by atoms with Gasteiger partial charge in [-0.1, -0.05) is 12.2 Å². The summed E-state index contributed by atoms with van der Waals surface area (Å²) in [5.41, 5.74) is -1.01. The molecule has 1 heterocycles. The number of nitrogens with zero attached hydrogens (tertiary/aromatic N) is 3. The second-order valence-corrected chi connectivity index (χ2v) is 3.88. The predicted octanol–water partition coefficient (Wildman–Crippen LogP) is -0.212. The van der Waals surface area contributed by atoms with Crippen molar-refractivity contribution in [2.24, 2.45) is 0 Å². The van der Waals surface area contributed by atoms with Gasteiger partial charge in [0.1, 0.15) is 0 Å². The summed E-state index contributed by atoms with van der Waals surface area (Å²) >= 11 is 0. The molecule has 6 heteroatoms. The van der Waals surface area contributed by atoms with Crippen LogP contribution in [-0.4, -0.2) is 13.7 Å². The first-order valence-corrected chi connectivity index (χ1v) is 5.52. The summed E-state index contributed by atoms with van der Waals surface area (Å²) in [5.74, 6) is 0. The average molecular weight is 239 g/mol. The molecule has 0 saturated carbocycles. The van der Waals surface area contributed by atoms with E-state index in [0.29, 0.717) is 5.57 Å². The van der Waals surface area contributed by atoms with Crippen LogP contribution in [0.2, 0.25) is 0 Å². The first-order valence-electron chi connectivity index (χ1n) is 5.52. The second kappa shape index (κ2) is 4.99. The van der Waals surface area contributed by atoms with Crippen LogP contribution >= 0.6 is 0 Å². The molecule has 0 atom stereocenters. The molecule has 0 saturated heterocycles. The van der Waals surface area contributed by atoms with Gasteiger partial charge in [-0.3, -0.25) is 0 Å². The largest absolute Gasteiger partial charge is 0.336 e. The Morgan fingerprint density at radius 1 is 0.941 bits per heavy atom. The fourth-order valence-corrected chi connectivity index (χ4v) is 1.63. The van der Waals surface area contributed by atoms with Crippen molar-refractivity contribution in [3.63, 3.8) is 0 Å². The van der Waals surface area contributed by atoms with Crippen molar-refractivity contribution in [2.45, 2.75) is 40.4 Å². The number of rotatable bonds is 4. The van der Waals surface area contributed by atoms with Crippen LogP contribution in [0.5, 0.6) is 0 Å². The Kier molecular flexibility index (Phi) is 3.88. The van der Waals surface area contributed by atoms with E-state index in [1.54, 1.807) is 20.8 Å². The molecule has 0 unspecified atom stereocenters. The highest BCUT2D eigenvalue weighted by Crippen LogP contribution is 1.87. The average Bonchev–Trinajstić information content (AvgIpc) is 2.25. The summed E-state index contributed by atoms with van der Waals surface area (Å²) in [4.78, 5) is 35.6. The Balaban J connectivity index is 3.72. The van der Waals surface area contributed by atoms with Crippen LogP contribution in [-0.2, 0) is 19.6 Å². The molecule has 0 amide bonds. The zero-order valence-corrected chi connectivity index (χ0v) is 10.4. The summed E-state index contributed by atoms with van der Waals surface area (Å²) < 4.78 is 3.14. The fraction of sp³-hybridized carbons (Fsp3) is 0.545. The third-order valence-corrected chi connectivity index (χ3v) is 2.45. The molecule has 0 radical (unpaired) electrons. The lowest BCUT2D eigenvalue weighted by molar-refractivity contribution is 0.476. The summed E-state index contributed by atoms with van der Waals surface area (Å²) in [5, 5.41) is 0. The minimum absolute atomic E-state index is 0.137. The van der Waals surface area contributed by atoms with Crippen molar-refractivity contribution >= 4 is 0 Å². The van der Waals surface area contributed by atoms with Crippen LogP contribution < -0.4 is 17.1 Å². The molecule has 17 heavy (non-hydrogen) atoms. The third-order valence-electron chi connectivity index (χ3n) is 2.45. The molecule has 0 fully saturated rings. The normalized spacial score (nSPS) is 10.5. The number of allylic oxidation sites excluding steroid dienone is 1. The molecule has 0 aliphatic carbocycles. The Morgan fingerprint density at radius 3 is 1.59 bits per heavy atom. The second-order valence-electron chi connectivity index (χ2n) is 3.88. The van der Waals surface area contributed by atoms with Gasteiger partial charge in [0.2, 0.25) is 0 Å². The van der Waals surface area contributed by atoms with Crippen LogP contribution in [0.4, 0.5) is 0 Å². The topological polar surface area (TPSA) is 66.0 Å². The standard InChI is InChI=1S/C11H17N3O3/c1-5-12-9(15)13(6-2)11(17)14(10(12)16)7-8(3)4/h3,5-7H2,1-2,4H3. The number of hydrogen-bond donors (Lipinski definition) is 0. The SMILES string of the molecule is C=C(C)Cn1c(=O)n(CC)c(=O)n(CC)c1=O. The minimum Gasteiger partial charge on any atom is -0.247 e. The van der Waals surface area contributed by atoms with Crippen LogP contribution in [0.25, 0.3) is 0 Å². The van der Waals surface area contributed by atoms with Crippen LogP contribution in [0.3, 0.4) is 0 Å². The van der Waals surface area contributed by atoms with E-state index in [1.807, 2.05) is 0 Å². The molecule has 0 aliphatic rings. The highest BCUT2D eigenvalue weighted by atomic mass is 16.2. The van der Waals surface area contributed by atoms with Gasteiger partial charge >= 0.3 is 17.1 Å². The van der Waals surface area contributed by atoms with Gasteiger partial charge in [-0.05, 0) is 20.8 Å². The monoisotopic (exact) mass is 239 g/mol. The van der Waals surface area contributed by atoms with E-state index in [1.165, 1.54) is 0 Å². The predicted molar refractivity (Wildman–Crippen MR) is 65.4 cm³/mol. The first-order chi connectivity index (χ1) is 7.93. The lowest BCUT2D eigenvalue weighted by Gasteiger charge is -2.11. The number of aromatic nitrogens is 3. The van der Waals surface area contributed by atoms with Crippen molar-refractivity contribution in [3.8, 4) is 0 Å². The molecule has 1 rings (SSSR count). The van der Waals surface area contributed by atoms with Crippen LogP contribution in [0.1, 0.15) is 20.8 Å². The summed E-state index contributed by atoms with van der Waals surface area (Å²) in [6.07, 6.45) is 0. The molecular weight excluding hydrogens is 222 g/mol. The Hall–Kier alpha value is -1.85. The van der Waals surface area contributed by atoms with E-state index in [2.05, 4.69) is 6.58 Å². The van der Waals surface area contributed by atoms with Crippen molar-refractivity contribution in [3.05, 3.63) is 43.6 Å². The van der Waals surface area contributed by atoms with Gasteiger partial charge < -0.3 is 0 Å². The highest BCUT2D eigenvalue weighted by Gasteiger charge is 2.12. The summed E-state index contributed by atoms with van der Waals surface area (Å²) in [6.45, 7) is 9.41. The highest BCUT2D eigenvalue weighted by molar-refractivity contribution is 4.91. The van der Waals surface area contributed by atoms with E-state index in [4.69, 9.17) is 0 Å². The van der Waals surface area contributed by atoms with Gasteiger partial charge in [-0.15, -0.1) is 0 Å². The van der Waals surface area contributed by atoms with E-state index in [-0.39, 0.29) is 19.6 Å². The van der Waals surface area contributed by atoms with Gasteiger partial charge in [-0.25, -0.2) is 28.1 Å². The molecule has 6 nitrogen and oxygen atoms in total. The zero-order chi connectivity index (χ0) is 13.2. The van der Waals surface area contributed by atoms with E-state index >= 15 is 0 Å². The van der Waals surface area contributed by atoms with Gasteiger partial charge in [0.15, 0.2) is 0 Å². The Bertz CT molecular complexity index is 562. The van der Waals surface area contributed by atoms with Crippen LogP contribution in [0, 0.1) is 0 Å². The van der Waals surface area contributed by atoms with Crippen LogP contribution in [0.15, 0.2) is 26.5 Å². The van der Waals surface area contributed by atoms with Gasteiger partial charge in [0.25, 0.3) is 0 Å².